The molecule has 8 nitrogen and oxygen atoms in total. The summed E-state index contributed by atoms with van der Waals surface area (Å²) in [6, 6.07) is 14.2. The third-order valence-electron chi connectivity index (χ3n) is 5.35. The molecule has 0 N–H and O–H groups in total. The van der Waals surface area contributed by atoms with Crippen LogP contribution in [0.15, 0.2) is 55.0 Å². The number of aromatic nitrogens is 6. The van der Waals surface area contributed by atoms with Crippen LogP contribution in [-0.2, 0) is 13.0 Å². The van der Waals surface area contributed by atoms with Gasteiger partial charge in [0.25, 0.3) is 0 Å². The Morgan fingerprint density at radius 1 is 1.00 bits per heavy atom. The molecule has 0 saturated carbocycles. The van der Waals surface area contributed by atoms with Crippen LogP contribution in [0.2, 0.25) is 0 Å². The van der Waals surface area contributed by atoms with E-state index in [1.165, 1.54) is 11.1 Å². The summed E-state index contributed by atoms with van der Waals surface area (Å²) in [5.74, 6) is 1.94. The largest absolute Gasteiger partial charge is 0.493 e. The van der Waals surface area contributed by atoms with E-state index in [-0.39, 0.29) is 6.61 Å². The van der Waals surface area contributed by atoms with Crippen LogP contribution in [0, 0.1) is 6.92 Å². The Labute approximate surface area is 185 Å². The van der Waals surface area contributed by atoms with Crippen LogP contribution in [-0.4, -0.2) is 36.5 Å². The molecule has 8 heteroatoms. The molecule has 32 heavy (non-hydrogen) atoms. The van der Waals surface area contributed by atoms with Gasteiger partial charge in [-0.1, -0.05) is 37.1 Å². The molecule has 5 rings (SSSR count). The molecule has 0 unspecified atom stereocenters. The van der Waals surface area contributed by atoms with E-state index < -0.39 is 0 Å². The summed E-state index contributed by atoms with van der Waals surface area (Å²) >= 11 is 0. The molecular weight excluding hydrogens is 404 g/mol. The molecule has 0 fully saturated rings. The van der Waals surface area contributed by atoms with Gasteiger partial charge in [0.15, 0.2) is 28.6 Å². The Morgan fingerprint density at radius 2 is 1.84 bits per heavy atom. The zero-order valence-electron chi connectivity index (χ0n) is 18.3. The fourth-order valence-electron chi connectivity index (χ4n) is 3.72. The summed E-state index contributed by atoms with van der Waals surface area (Å²) in [6.07, 6.45) is 5.51. The zero-order chi connectivity index (χ0) is 22.1. The molecule has 3 heterocycles. The van der Waals surface area contributed by atoms with Crippen LogP contribution in [0.3, 0.4) is 0 Å². The standard InChI is InChI=1S/C24H24N6O2/c1-4-5-17-8-11-20(21(12-17)31-3)32-14-22-27-24-19-13-26-30(18-9-6-16(2)7-10-18)23(19)25-15-29(24)28-22/h6-13,15H,4-5,14H2,1-3H3. The highest BCUT2D eigenvalue weighted by Crippen LogP contribution is 2.29. The normalized spacial score (nSPS) is 11.3. The average molecular weight is 428 g/mol. The van der Waals surface area contributed by atoms with Gasteiger partial charge in [0.05, 0.1) is 24.4 Å². The first-order valence-electron chi connectivity index (χ1n) is 10.6. The minimum Gasteiger partial charge on any atom is -0.493 e. The van der Waals surface area contributed by atoms with Gasteiger partial charge in [-0.25, -0.2) is 19.2 Å². The highest BCUT2D eigenvalue weighted by atomic mass is 16.5. The molecule has 0 amide bonds. The SMILES string of the molecule is CCCc1ccc(OCc2nc3c4cnn(-c5ccc(C)cc5)c4ncn3n2)c(OC)c1. The van der Waals surface area contributed by atoms with Gasteiger partial charge in [-0.3, -0.25) is 0 Å². The lowest BCUT2D eigenvalue weighted by molar-refractivity contribution is 0.276. The number of benzene rings is 2. The number of ether oxygens (including phenoxy) is 2. The molecule has 5 aromatic rings. The van der Waals surface area contributed by atoms with Gasteiger partial charge in [0.1, 0.15) is 12.9 Å². The van der Waals surface area contributed by atoms with Crippen LogP contribution in [0.4, 0.5) is 0 Å². The lowest BCUT2D eigenvalue weighted by Crippen LogP contribution is -2.01. The summed E-state index contributed by atoms with van der Waals surface area (Å²) in [4.78, 5) is 9.23. The molecular formula is C24H24N6O2. The quantitative estimate of drug-likeness (QED) is 0.384. The summed E-state index contributed by atoms with van der Waals surface area (Å²) in [5.41, 5.74) is 4.79. The highest BCUT2D eigenvalue weighted by molar-refractivity contribution is 5.89. The second kappa shape index (κ2) is 8.30. The predicted octanol–water partition coefficient (Wildman–Crippen LogP) is 4.31. The van der Waals surface area contributed by atoms with Crippen molar-refractivity contribution in [2.24, 2.45) is 0 Å². The minimum absolute atomic E-state index is 0.221. The topological polar surface area (TPSA) is 79.4 Å². The average Bonchev–Trinajstić information content (AvgIpc) is 3.42. The van der Waals surface area contributed by atoms with Gasteiger partial charge in [0.2, 0.25) is 0 Å². The Bertz CT molecular complexity index is 1390. The molecule has 0 aliphatic rings. The van der Waals surface area contributed by atoms with Crippen molar-refractivity contribution in [1.82, 2.24) is 29.4 Å². The second-order valence-corrected chi connectivity index (χ2v) is 7.69. The number of rotatable bonds is 7. The van der Waals surface area contributed by atoms with Crippen molar-refractivity contribution in [2.75, 3.05) is 7.11 Å². The Hall–Kier alpha value is -3.94. The zero-order valence-corrected chi connectivity index (χ0v) is 18.3. The second-order valence-electron chi connectivity index (χ2n) is 7.69. The van der Waals surface area contributed by atoms with Crippen LogP contribution >= 0.6 is 0 Å². The van der Waals surface area contributed by atoms with E-state index in [0.29, 0.717) is 23.0 Å². The maximum Gasteiger partial charge on any atom is 0.189 e. The van der Waals surface area contributed by atoms with Gasteiger partial charge in [-0.05, 0) is 43.2 Å². The highest BCUT2D eigenvalue weighted by Gasteiger charge is 2.14. The van der Waals surface area contributed by atoms with Crippen LogP contribution < -0.4 is 9.47 Å². The molecule has 2 aromatic carbocycles. The third-order valence-corrected chi connectivity index (χ3v) is 5.35. The van der Waals surface area contributed by atoms with E-state index in [9.17, 15) is 0 Å². The van der Waals surface area contributed by atoms with E-state index in [2.05, 4.69) is 52.2 Å². The van der Waals surface area contributed by atoms with Gasteiger partial charge >= 0.3 is 0 Å². The van der Waals surface area contributed by atoms with Crippen molar-refractivity contribution >= 4 is 16.7 Å². The predicted molar refractivity (Wildman–Crippen MR) is 121 cm³/mol. The molecule has 0 aliphatic heterocycles. The third kappa shape index (κ3) is 3.64. The van der Waals surface area contributed by atoms with Crippen molar-refractivity contribution in [3.05, 3.63) is 71.9 Å². The molecule has 162 valence electrons. The van der Waals surface area contributed by atoms with Crippen LogP contribution in [0.25, 0.3) is 22.4 Å². The number of hydrogen-bond donors (Lipinski definition) is 0. The van der Waals surface area contributed by atoms with Crippen molar-refractivity contribution < 1.29 is 9.47 Å². The van der Waals surface area contributed by atoms with Gasteiger partial charge in [-0.2, -0.15) is 5.10 Å². The first-order chi connectivity index (χ1) is 15.7. The molecule has 0 bridgehead atoms. The monoisotopic (exact) mass is 428 g/mol. The van der Waals surface area contributed by atoms with E-state index in [1.54, 1.807) is 24.1 Å². The number of aryl methyl sites for hydroxylation is 2. The van der Waals surface area contributed by atoms with Gasteiger partial charge < -0.3 is 9.47 Å². The first kappa shape index (κ1) is 20.0. The number of nitrogens with zero attached hydrogens (tertiary/aromatic N) is 6. The molecule has 0 saturated heterocycles. The van der Waals surface area contributed by atoms with E-state index in [4.69, 9.17) is 9.47 Å². The maximum atomic E-state index is 5.97. The summed E-state index contributed by atoms with van der Waals surface area (Å²) in [7, 11) is 1.65. The number of fused-ring (bicyclic) bond motifs is 3. The maximum absolute atomic E-state index is 5.97. The van der Waals surface area contributed by atoms with E-state index in [0.717, 1.165) is 29.6 Å². The lowest BCUT2D eigenvalue weighted by atomic mass is 10.1. The summed E-state index contributed by atoms with van der Waals surface area (Å²) in [6.45, 7) is 4.43. The Morgan fingerprint density at radius 3 is 2.62 bits per heavy atom. The minimum atomic E-state index is 0.221. The Kier molecular flexibility index (Phi) is 5.18. The first-order valence-corrected chi connectivity index (χ1v) is 10.6. The van der Waals surface area contributed by atoms with Crippen molar-refractivity contribution in [1.29, 1.82) is 0 Å². The molecule has 0 aliphatic carbocycles. The molecule has 0 radical (unpaired) electrons. The van der Waals surface area contributed by atoms with Crippen molar-refractivity contribution in [2.45, 2.75) is 33.3 Å². The van der Waals surface area contributed by atoms with Gasteiger partial charge in [0, 0.05) is 0 Å². The van der Waals surface area contributed by atoms with Crippen LogP contribution in [0.1, 0.15) is 30.3 Å². The fourth-order valence-corrected chi connectivity index (χ4v) is 3.72. The lowest BCUT2D eigenvalue weighted by Gasteiger charge is -2.10. The summed E-state index contributed by atoms with van der Waals surface area (Å²) < 4.78 is 14.9. The molecule has 3 aromatic heterocycles. The van der Waals surface area contributed by atoms with Crippen molar-refractivity contribution in [3.63, 3.8) is 0 Å². The smallest absolute Gasteiger partial charge is 0.189 e. The molecule has 0 atom stereocenters. The number of hydrogen-bond acceptors (Lipinski definition) is 6. The molecule has 0 spiro atoms. The van der Waals surface area contributed by atoms with Gasteiger partial charge in [-0.15, -0.1) is 5.10 Å². The van der Waals surface area contributed by atoms with Crippen LogP contribution in [0.5, 0.6) is 11.5 Å². The summed E-state index contributed by atoms with van der Waals surface area (Å²) in [5, 5.41) is 9.86. The Balaban J connectivity index is 1.43. The van der Waals surface area contributed by atoms with Crippen molar-refractivity contribution in [3.8, 4) is 17.2 Å². The van der Waals surface area contributed by atoms with E-state index in [1.807, 2.05) is 28.9 Å². The fraction of sp³-hybridized carbons (Fsp3) is 0.250. The number of methoxy groups -OCH3 is 1. The van der Waals surface area contributed by atoms with E-state index >= 15 is 0 Å².